The summed E-state index contributed by atoms with van der Waals surface area (Å²) in [7, 11) is 0. The van der Waals surface area contributed by atoms with E-state index < -0.39 is 23.3 Å². The summed E-state index contributed by atoms with van der Waals surface area (Å²) >= 11 is 6.43. The molecule has 3 heterocycles. The molecule has 29 heavy (non-hydrogen) atoms. The van der Waals surface area contributed by atoms with Crippen LogP contribution in [0.3, 0.4) is 0 Å². The Hall–Kier alpha value is -3.01. The number of hydrogen-bond donors (Lipinski definition) is 4. The van der Waals surface area contributed by atoms with E-state index in [9.17, 15) is 14.3 Å². The number of aliphatic hydroxyl groups excluding tert-OH is 1. The van der Waals surface area contributed by atoms with Crippen molar-refractivity contribution in [3.8, 4) is 0 Å². The number of nitrogens with zero attached hydrogens (tertiary/aromatic N) is 3. The number of nitrogens with two attached hydrogens (primary N) is 1. The van der Waals surface area contributed by atoms with Crippen LogP contribution in [0.2, 0.25) is 5.02 Å². The molecule has 1 spiro atoms. The van der Waals surface area contributed by atoms with Gasteiger partial charge in [0, 0.05) is 6.07 Å². The first-order valence-corrected chi connectivity index (χ1v) is 9.32. The molecular formula is C19H16ClFN6O2. The highest BCUT2D eigenvalue weighted by atomic mass is 35.5. The summed E-state index contributed by atoms with van der Waals surface area (Å²) in [6.07, 6.45) is 1.19. The lowest BCUT2D eigenvalue weighted by molar-refractivity contribution is 0.119. The van der Waals surface area contributed by atoms with Gasteiger partial charge in [-0.3, -0.25) is 14.7 Å². The van der Waals surface area contributed by atoms with Crippen LogP contribution in [0.5, 0.6) is 0 Å². The zero-order chi connectivity index (χ0) is 20.3. The van der Waals surface area contributed by atoms with Crippen molar-refractivity contribution in [3.63, 3.8) is 0 Å². The highest BCUT2D eigenvalue weighted by Crippen LogP contribution is 2.45. The highest BCUT2D eigenvalue weighted by Gasteiger charge is 2.50. The standard InChI is InChI=1S/C19H16ClFN6O2/c20-12-6-13(25-15-7-14(22)23-8-24-15)18(29)27-16(12)17(28)26-19(27)4-3-9-1-2-10(21)5-11(9)19/h1-2,5-8,17,26,28H,3-4H2,(H3,22,23,24,25). The maximum Gasteiger partial charge on any atom is 0.276 e. The van der Waals surface area contributed by atoms with Crippen LogP contribution >= 0.6 is 11.6 Å². The van der Waals surface area contributed by atoms with Crippen LogP contribution in [0.25, 0.3) is 0 Å². The number of fused-ring (bicyclic) bond motifs is 4. The van der Waals surface area contributed by atoms with Crippen LogP contribution in [-0.4, -0.2) is 19.6 Å². The number of rotatable bonds is 2. The third kappa shape index (κ3) is 2.62. The fourth-order valence-corrected chi connectivity index (χ4v) is 4.54. The molecule has 0 saturated carbocycles. The van der Waals surface area contributed by atoms with Crippen LogP contribution in [0.1, 0.15) is 29.5 Å². The monoisotopic (exact) mass is 414 g/mol. The van der Waals surface area contributed by atoms with E-state index >= 15 is 0 Å². The molecule has 2 unspecified atom stereocenters. The Kier molecular flexibility index (Phi) is 3.89. The number of pyridine rings is 1. The molecule has 1 aliphatic heterocycles. The first-order chi connectivity index (χ1) is 13.9. The summed E-state index contributed by atoms with van der Waals surface area (Å²) in [4.78, 5) is 21.3. The molecular weight excluding hydrogens is 399 g/mol. The number of halogens is 2. The van der Waals surface area contributed by atoms with Gasteiger partial charge in [-0.15, -0.1) is 0 Å². The van der Waals surface area contributed by atoms with E-state index in [-0.39, 0.29) is 22.2 Å². The summed E-state index contributed by atoms with van der Waals surface area (Å²) in [6.45, 7) is 0. The first-order valence-electron chi connectivity index (χ1n) is 8.94. The minimum absolute atomic E-state index is 0.150. The maximum absolute atomic E-state index is 14.0. The number of nitrogens with one attached hydrogen (secondary N) is 2. The minimum Gasteiger partial charge on any atom is -0.384 e. The third-order valence-corrected chi connectivity index (χ3v) is 5.73. The van der Waals surface area contributed by atoms with E-state index in [0.717, 1.165) is 5.56 Å². The summed E-state index contributed by atoms with van der Waals surface area (Å²) in [5.41, 5.74) is 6.06. The molecule has 2 atom stereocenters. The average Bonchev–Trinajstić information content (AvgIpc) is 3.18. The minimum atomic E-state index is -1.17. The molecule has 5 N–H and O–H groups in total. The maximum atomic E-state index is 14.0. The van der Waals surface area contributed by atoms with Gasteiger partial charge in [-0.2, -0.15) is 0 Å². The topological polar surface area (TPSA) is 118 Å². The van der Waals surface area contributed by atoms with Crippen molar-refractivity contribution in [2.45, 2.75) is 24.7 Å². The van der Waals surface area contributed by atoms with E-state index in [1.165, 1.54) is 35.2 Å². The molecule has 5 rings (SSSR count). The molecule has 10 heteroatoms. The normalized spacial score (nSPS) is 22.0. The zero-order valence-corrected chi connectivity index (χ0v) is 15.7. The molecule has 0 fully saturated rings. The highest BCUT2D eigenvalue weighted by molar-refractivity contribution is 6.31. The number of aromatic nitrogens is 3. The Morgan fingerprint density at radius 2 is 2.17 bits per heavy atom. The summed E-state index contributed by atoms with van der Waals surface area (Å²) in [6, 6.07) is 7.39. The number of hydrogen-bond acceptors (Lipinski definition) is 7. The number of benzene rings is 1. The fourth-order valence-electron chi connectivity index (χ4n) is 4.24. The van der Waals surface area contributed by atoms with Crippen molar-refractivity contribution in [1.82, 2.24) is 19.9 Å². The second kappa shape index (κ2) is 6.24. The Morgan fingerprint density at radius 1 is 1.34 bits per heavy atom. The average molecular weight is 415 g/mol. The molecule has 0 amide bonds. The smallest absolute Gasteiger partial charge is 0.276 e. The van der Waals surface area contributed by atoms with Crippen LogP contribution in [-0.2, 0) is 12.1 Å². The van der Waals surface area contributed by atoms with Gasteiger partial charge in [0.25, 0.3) is 5.56 Å². The lowest BCUT2D eigenvalue weighted by atomic mass is 10.0. The molecule has 148 valence electrons. The van der Waals surface area contributed by atoms with Gasteiger partial charge in [-0.25, -0.2) is 14.4 Å². The molecule has 2 aliphatic rings. The van der Waals surface area contributed by atoms with Gasteiger partial charge < -0.3 is 16.2 Å². The molecule has 0 saturated heterocycles. The predicted octanol–water partition coefficient (Wildman–Crippen LogP) is 2.00. The number of nitrogen functional groups attached to an aromatic ring is 1. The van der Waals surface area contributed by atoms with Crippen molar-refractivity contribution in [2.75, 3.05) is 11.1 Å². The van der Waals surface area contributed by atoms with Crippen LogP contribution in [0.4, 0.5) is 21.7 Å². The lowest BCUT2D eigenvalue weighted by Crippen LogP contribution is -2.46. The molecule has 1 aliphatic carbocycles. The van der Waals surface area contributed by atoms with Crippen molar-refractivity contribution >= 4 is 28.9 Å². The van der Waals surface area contributed by atoms with Gasteiger partial charge in [0.2, 0.25) is 0 Å². The van der Waals surface area contributed by atoms with Gasteiger partial charge in [0.15, 0.2) is 0 Å². The zero-order valence-electron chi connectivity index (χ0n) is 15.0. The second-order valence-electron chi connectivity index (χ2n) is 7.09. The van der Waals surface area contributed by atoms with E-state index in [0.29, 0.717) is 24.2 Å². The fraction of sp³-hybridized carbons (Fsp3) is 0.211. The molecule has 0 radical (unpaired) electrons. The van der Waals surface area contributed by atoms with E-state index in [2.05, 4.69) is 20.6 Å². The van der Waals surface area contributed by atoms with Gasteiger partial charge in [0.05, 0.1) is 10.7 Å². The Morgan fingerprint density at radius 3 is 2.97 bits per heavy atom. The van der Waals surface area contributed by atoms with E-state index in [4.69, 9.17) is 17.3 Å². The SMILES string of the molecule is Nc1cc(Nc2cc(Cl)c3n(c2=O)C2(CCc4ccc(F)cc42)NC3O)ncn1. The molecule has 8 nitrogen and oxygen atoms in total. The van der Waals surface area contributed by atoms with Crippen molar-refractivity contribution in [2.24, 2.45) is 0 Å². The van der Waals surface area contributed by atoms with Crippen molar-refractivity contribution in [1.29, 1.82) is 0 Å². The summed E-state index contributed by atoms with van der Waals surface area (Å²) in [5.74, 6) is 0.146. The van der Waals surface area contributed by atoms with E-state index in [1.807, 2.05) is 0 Å². The van der Waals surface area contributed by atoms with Crippen molar-refractivity contribution in [3.05, 3.63) is 74.7 Å². The Labute approximate surface area is 169 Å². The van der Waals surface area contributed by atoms with Gasteiger partial charge in [-0.05, 0) is 42.2 Å². The molecule has 0 bridgehead atoms. The Balaban J connectivity index is 1.71. The van der Waals surface area contributed by atoms with E-state index in [1.54, 1.807) is 6.07 Å². The number of aryl methyl sites for hydroxylation is 1. The van der Waals surface area contributed by atoms with Crippen molar-refractivity contribution < 1.29 is 9.50 Å². The quantitative estimate of drug-likeness (QED) is 0.506. The van der Waals surface area contributed by atoms with Crippen LogP contribution < -0.4 is 21.9 Å². The molecule has 3 aromatic rings. The first kappa shape index (κ1) is 18.0. The largest absolute Gasteiger partial charge is 0.384 e. The molecule has 2 aromatic heterocycles. The summed E-state index contributed by atoms with van der Waals surface area (Å²) in [5, 5.41) is 16.8. The van der Waals surface area contributed by atoms with Crippen LogP contribution in [0, 0.1) is 5.82 Å². The van der Waals surface area contributed by atoms with Gasteiger partial charge >= 0.3 is 0 Å². The summed E-state index contributed by atoms with van der Waals surface area (Å²) < 4.78 is 15.4. The third-order valence-electron chi connectivity index (χ3n) is 5.43. The van der Waals surface area contributed by atoms with Gasteiger partial charge in [0.1, 0.15) is 41.4 Å². The number of aliphatic hydroxyl groups is 1. The van der Waals surface area contributed by atoms with Gasteiger partial charge in [-0.1, -0.05) is 17.7 Å². The Bertz CT molecular complexity index is 1220. The van der Waals surface area contributed by atoms with Crippen LogP contribution in [0.15, 0.2) is 41.5 Å². The predicted molar refractivity (Wildman–Crippen MR) is 105 cm³/mol. The lowest BCUT2D eigenvalue weighted by Gasteiger charge is -2.29. The number of anilines is 3. The molecule has 1 aromatic carbocycles. The second-order valence-corrected chi connectivity index (χ2v) is 7.50.